The fraction of sp³-hybridized carbons (Fsp3) is 1.00. The average molecular weight is 347 g/mol. The number of quaternary nitrogens is 1. The van der Waals surface area contributed by atoms with Crippen molar-refractivity contribution in [3.8, 4) is 0 Å². The molecule has 0 spiro atoms. The maximum Gasteiger partial charge on any atom is 0.154 e. The number of hydrogen-bond donors (Lipinski definition) is 0. The number of nitrogens with zero attached hydrogens (tertiary/aromatic N) is 2. The van der Waals surface area contributed by atoms with E-state index < -0.39 is 0 Å². The average Bonchev–Trinajstić information content (AvgIpc) is 2.79. The monoisotopic (exact) mass is 346 g/mol. The molecule has 0 N–H and O–H groups in total. The molecule has 0 aromatic rings. The van der Waals surface area contributed by atoms with Gasteiger partial charge in [-0.25, -0.2) is 0 Å². The number of likely N-dealkylation sites (tertiary alicyclic amines) is 2. The Hall–Kier alpha value is 0.940. The fourth-order valence-corrected chi connectivity index (χ4v) is 2.33. The maximum atomic E-state index is 5.72. The van der Waals surface area contributed by atoms with Crippen molar-refractivity contribution >= 4 is 11.6 Å². The van der Waals surface area contributed by atoms with Gasteiger partial charge in [-0.1, -0.05) is 11.6 Å². The fourth-order valence-electron chi connectivity index (χ4n) is 2.09. The first kappa shape index (κ1) is 15.9. The van der Waals surface area contributed by atoms with Crippen LogP contribution in [0.1, 0.15) is 25.7 Å². The maximum absolute atomic E-state index is 5.72. The molecule has 92 valence electrons. The summed E-state index contributed by atoms with van der Waals surface area (Å²) in [5.74, 6) is 0. The third-order valence-corrected chi connectivity index (χ3v) is 3.84. The minimum atomic E-state index is 0. The highest BCUT2D eigenvalue weighted by molar-refractivity contribution is 6.16. The number of rotatable bonds is 1. The molecule has 2 fully saturated rings. The predicted octanol–water partition coefficient (Wildman–Crippen LogP) is -0.861. The Morgan fingerprint density at radius 2 is 1.53 bits per heavy atom. The van der Waals surface area contributed by atoms with Crippen LogP contribution in [0, 0.1) is 0 Å². The van der Waals surface area contributed by atoms with Crippen LogP contribution in [0.3, 0.4) is 0 Å². The summed E-state index contributed by atoms with van der Waals surface area (Å²) in [7, 11) is 4.40. The molecule has 2 heterocycles. The molecular formula is C11H24ClIN2. The van der Waals surface area contributed by atoms with E-state index in [2.05, 4.69) is 19.0 Å². The summed E-state index contributed by atoms with van der Waals surface area (Å²) in [4.78, 5) is 2.36. The molecule has 0 amide bonds. The van der Waals surface area contributed by atoms with Crippen LogP contribution < -0.4 is 24.0 Å². The van der Waals surface area contributed by atoms with Crippen molar-refractivity contribution < 1.29 is 28.5 Å². The number of alkyl halides is 1. The van der Waals surface area contributed by atoms with E-state index in [1.165, 1.54) is 51.9 Å². The lowest BCUT2D eigenvalue weighted by Crippen LogP contribution is -3.00. The van der Waals surface area contributed by atoms with Gasteiger partial charge in [-0.05, 0) is 33.0 Å². The molecule has 0 unspecified atom stereocenters. The van der Waals surface area contributed by atoms with Crippen molar-refractivity contribution in [1.29, 1.82) is 0 Å². The first-order valence-electron chi connectivity index (χ1n) is 5.74. The first-order valence-corrected chi connectivity index (χ1v) is 6.28. The van der Waals surface area contributed by atoms with Gasteiger partial charge in [-0.3, -0.25) is 0 Å². The van der Waals surface area contributed by atoms with Crippen LogP contribution in [0.2, 0.25) is 0 Å². The molecule has 0 aromatic carbocycles. The smallest absolute Gasteiger partial charge is 0.154 e. The molecule has 0 radical (unpaired) electrons. The summed E-state index contributed by atoms with van der Waals surface area (Å²) in [5.41, 5.74) is 0. The van der Waals surface area contributed by atoms with Gasteiger partial charge in [0, 0.05) is 12.8 Å². The van der Waals surface area contributed by atoms with Crippen molar-refractivity contribution in [3.63, 3.8) is 0 Å². The first-order chi connectivity index (χ1) is 6.66. The van der Waals surface area contributed by atoms with E-state index in [9.17, 15) is 0 Å². The Balaban J connectivity index is 0.000000253. The predicted molar refractivity (Wildman–Crippen MR) is 62.6 cm³/mol. The van der Waals surface area contributed by atoms with Gasteiger partial charge >= 0.3 is 0 Å². The second-order valence-electron chi connectivity index (χ2n) is 4.90. The zero-order chi connectivity index (χ0) is 10.4. The molecular weight excluding hydrogens is 322 g/mol. The second kappa shape index (κ2) is 8.09. The number of halogens is 2. The van der Waals surface area contributed by atoms with E-state index in [0.29, 0.717) is 0 Å². The Labute approximate surface area is 117 Å². The van der Waals surface area contributed by atoms with E-state index in [1.54, 1.807) is 0 Å². The molecule has 2 nitrogen and oxygen atoms in total. The van der Waals surface area contributed by atoms with Gasteiger partial charge in [-0.15, -0.1) is 0 Å². The van der Waals surface area contributed by atoms with Crippen LogP contribution in [0.15, 0.2) is 0 Å². The van der Waals surface area contributed by atoms with Crippen molar-refractivity contribution in [1.82, 2.24) is 4.90 Å². The summed E-state index contributed by atoms with van der Waals surface area (Å²) in [6.07, 6.45) is 5.56. The van der Waals surface area contributed by atoms with E-state index in [4.69, 9.17) is 11.6 Å². The van der Waals surface area contributed by atoms with Crippen LogP contribution in [-0.4, -0.2) is 55.7 Å². The molecule has 0 saturated carbocycles. The molecule has 15 heavy (non-hydrogen) atoms. The minimum Gasteiger partial charge on any atom is -1.00 e. The van der Waals surface area contributed by atoms with E-state index >= 15 is 0 Å². The third kappa shape index (κ3) is 6.29. The largest absolute Gasteiger partial charge is 1.00 e. The van der Waals surface area contributed by atoms with Gasteiger partial charge in [0.05, 0.1) is 20.1 Å². The molecule has 2 rings (SSSR count). The third-order valence-electron chi connectivity index (χ3n) is 3.26. The van der Waals surface area contributed by atoms with Crippen LogP contribution in [-0.2, 0) is 0 Å². The Morgan fingerprint density at radius 3 is 1.73 bits per heavy atom. The van der Waals surface area contributed by atoms with Crippen LogP contribution >= 0.6 is 11.6 Å². The van der Waals surface area contributed by atoms with Gasteiger partial charge in [-0.2, -0.15) is 0 Å². The summed E-state index contributed by atoms with van der Waals surface area (Å²) < 4.78 is 1.08. The zero-order valence-corrected chi connectivity index (χ0v) is 12.9. The summed E-state index contributed by atoms with van der Waals surface area (Å²) in [6, 6.07) is 0.792. The Kier molecular flexibility index (Phi) is 8.60. The van der Waals surface area contributed by atoms with Gasteiger partial charge in [0.25, 0.3) is 0 Å². The lowest BCUT2D eigenvalue weighted by atomic mass is 10.4. The molecule has 2 aliphatic rings. The van der Waals surface area contributed by atoms with Crippen LogP contribution in [0.25, 0.3) is 0 Å². The highest BCUT2D eigenvalue weighted by Crippen LogP contribution is 2.16. The van der Waals surface area contributed by atoms with Crippen molar-refractivity contribution in [2.45, 2.75) is 25.7 Å². The normalized spacial score (nSPS) is 24.2. The Bertz CT molecular complexity index is 155. The zero-order valence-electron chi connectivity index (χ0n) is 10.0. The quantitative estimate of drug-likeness (QED) is 0.258. The highest BCUT2D eigenvalue weighted by Gasteiger charge is 2.24. The summed E-state index contributed by atoms with van der Waals surface area (Å²) in [6.45, 7) is 5.20. The van der Waals surface area contributed by atoms with Gasteiger partial charge in [0.1, 0.15) is 0 Å². The van der Waals surface area contributed by atoms with Crippen molar-refractivity contribution in [2.24, 2.45) is 0 Å². The van der Waals surface area contributed by atoms with Crippen molar-refractivity contribution in [3.05, 3.63) is 0 Å². The molecule has 0 aliphatic carbocycles. The van der Waals surface area contributed by atoms with E-state index in [0.717, 1.165) is 10.5 Å². The SMILES string of the molecule is CN1CCCC1.C[N+]1(CCl)CCCC1.[I-]. The minimum absolute atomic E-state index is 0. The van der Waals surface area contributed by atoms with Gasteiger partial charge in [0.15, 0.2) is 6.00 Å². The standard InChI is InChI=1S/C6H13ClN.C5H11N.HI/c1-8(6-7)4-2-3-5-8;1-6-4-2-3-5-6;/h2-6H2,1H3;2-5H2,1H3;1H/q+1;;/p-1. The lowest BCUT2D eigenvalue weighted by molar-refractivity contribution is -0.886. The van der Waals surface area contributed by atoms with E-state index in [1.807, 2.05) is 0 Å². The van der Waals surface area contributed by atoms with E-state index in [-0.39, 0.29) is 24.0 Å². The van der Waals surface area contributed by atoms with Crippen LogP contribution in [0.5, 0.6) is 0 Å². The van der Waals surface area contributed by atoms with Gasteiger partial charge in [0.2, 0.25) is 0 Å². The second-order valence-corrected chi connectivity index (χ2v) is 5.14. The summed E-state index contributed by atoms with van der Waals surface area (Å²) >= 11 is 5.72. The molecule has 0 atom stereocenters. The molecule has 2 saturated heterocycles. The Morgan fingerprint density at radius 1 is 1.07 bits per heavy atom. The van der Waals surface area contributed by atoms with Gasteiger partial charge < -0.3 is 33.4 Å². The number of hydrogen-bond acceptors (Lipinski definition) is 1. The molecule has 2 aliphatic heterocycles. The lowest BCUT2D eigenvalue weighted by Gasteiger charge is -2.25. The molecule has 0 aromatic heterocycles. The van der Waals surface area contributed by atoms with Crippen molar-refractivity contribution in [2.75, 3.05) is 46.3 Å². The molecule has 0 bridgehead atoms. The molecule has 4 heteroatoms. The summed E-state index contributed by atoms with van der Waals surface area (Å²) in [5, 5.41) is 0. The topological polar surface area (TPSA) is 3.24 Å². The highest BCUT2D eigenvalue weighted by atomic mass is 127. The van der Waals surface area contributed by atoms with Crippen LogP contribution in [0.4, 0.5) is 0 Å².